The van der Waals surface area contributed by atoms with E-state index in [1.807, 2.05) is 0 Å². The normalized spacial score (nSPS) is 8.71. The molecule has 7 heavy (non-hydrogen) atoms. The Morgan fingerprint density at radius 3 is 3.00 bits per heavy atom. The lowest BCUT2D eigenvalue weighted by molar-refractivity contribution is 0.250. The first-order chi connectivity index (χ1) is 3.43. The Morgan fingerprint density at radius 1 is 1.86 bits per heavy atom. The third-order valence-corrected chi connectivity index (χ3v) is 0.516. The van der Waals surface area contributed by atoms with Crippen LogP contribution in [-0.2, 0) is 0 Å². The maximum atomic E-state index is 4.51. The maximum Gasteiger partial charge on any atom is 0.416 e. The number of hydrogen-bond acceptors (Lipinski definition) is 4. The van der Waals surface area contributed by atoms with Crippen LogP contribution in [-0.4, -0.2) is 17.3 Å². The average Bonchev–Trinajstić information content (AvgIpc) is 2.14. The van der Waals surface area contributed by atoms with Crippen LogP contribution in [0.2, 0.25) is 0 Å². The average molecular weight is 100 g/mol. The molecule has 0 saturated carbocycles. The number of methoxy groups -OCH3 is 1. The maximum absolute atomic E-state index is 4.51. The monoisotopic (exact) mass is 100 g/mol. The molecule has 0 saturated heterocycles. The van der Waals surface area contributed by atoms with Gasteiger partial charge in [0.05, 0.1) is 7.11 Å². The van der Waals surface area contributed by atoms with Gasteiger partial charge in [0.2, 0.25) is 0 Å². The summed E-state index contributed by atoms with van der Waals surface area (Å²) in [5.41, 5.74) is 0. The fourth-order valence-electron chi connectivity index (χ4n) is 0.253. The Bertz CT molecular complexity index is 125. The summed E-state index contributed by atoms with van der Waals surface area (Å²) in [4.78, 5) is 3.53. The Balaban J connectivity index is 2.76. The highest BCUT2D eigenvalue weighted by molar-refractivity contribution is 4.76. The predicted octanol–water partition coefficient (Wildman–Crippen LogP) is 0.0782. The fraction of sp³-hybridized carbons (Fsp3) is 0.333. The molecule has 4 nitrogen and oxygen atoms in total. The van der Waals surface area contributed by atoms with Gasteiger partial charge in [-0.25, -0.2) is 0 Å². The van der Waals surface area contributed by atoms with Crippen molar-refractivity contribution in [2.24, 2.45) is 0 Å². The van der Waals surface area contributed by atoms with Crippen LogP contribution in [0.25, 0.3) is 0 Å². The molecule has 0 atom stereocenters. The minimum Gasteiger partial charge on any atom is -0.452 e. The first kappa shape index (κ1) is 4.11. The highest BCUT2D eigenvalue weighted by atomic mass is 16.6. The lowest BCUT2D eigenvalue weighted by atomic mass is 11.2. The number of ether oxygens (including phenoxy) is 1. The summed E-state index contributed by atoms with van der Waals surface area (Å²) < 4.78 is 8.91. The van der Waals surface area contributed by atoms with E-state index in [2.05, 4.69) is 19.4 Å². The predicted molar refractivity (Wildman–Crippen MR) is 20.8 cm³/mol. The lowest BCUT2D eigenvalue weighted by Gasteiger charge is -1.81. The van der Waals surface area contributed by atoms with Gasteiger partial charge in [-0.05, 0) is 0 Å². The summed E-state index contributed by atoms with van der Waals surface area (Å²) >= 11 is 0. The van der Waals surface area contributed by atoms with Gasteiger partial charge in [-0.3, -0.25) is 4.52 Å². The van der Waals surface area contributed by atoms with Crippen molar-refractivity contribution in [2.75, 3.05) is 7.11 Å². The van der Waals surface area contributed by atoms with Crippen LogP contribution in [0.15, 0.2) is 10.9 Å². The first-order valence-electron chi connectivity index (χ1n) is 1.74. The number of aromatic nitrogens is 2. The fourth-order valence-corrected chi connectivity index (χ4v) is 0.253. The van der Waals surface area contributed by atoms with Gasteiger partial charge in [-0.15, -0.1) is 0 Å². The van der Waals surface area contributed by atoms with Crippen LogP contribution >= 0.6 is 0 Å². The molecular weight excluding hydrogens is 96.0 g/mol. The van der Waals surface area contributed by atoms with Gasteiger partial charge >= 0.3 is 6.08 Å². The van der Waals surface area contributed by atoms with Crippen LogP contribution in [0.3, 0.4) is 0 Å². The van der Waals surface area contributed by atoms with Crippen LogP contribution in [0.1, 0.15) is 0 Å². The van der Waals surface area contributed by atoms with E-state index in [4.69, 9.17) is 0 Å². The zero-order valence-electron chi connectivity index (χ0n) is 3.79. The minimum absolute atomic E-state index is 0.194. The van der Waals surface area contributed by atoms with Crippen LogP contribution in [0.5, 0.6) is 6.08 Å². The van der Waals surface area contributed by atoms with E-state index in [0.717, 1.165) is 0 Å². The Morgan fingerprint density at radius 2 is 2.71 bits per heavy atom. The van der Waals surface area contributed by atoms with Crippen molar-refractivity contribution >= 4 is 0 Å². The molecule has 38 valence electrons. The molecule has 0 aliphatic heterocycles. The van der Waals surface area contributed by atoms with Gasteiger partial charge in [-0.1, -0.05) is 5.16 Å². The molecule has 1 heterocycles. The van der Waals surface area contributed by atoms with Crippen molar-refractivity contribution in [1.82, 2.24) is 10.1 Å². The van der Waals surface area contributed by atoms with E-state index in [0.29, 0.717) is 0 Å². The third-order valence-electron chi connectivity index (χ3n) is 0.516. The van der Waals surface area contributed by atoms with Gasteiger partial charge < -0.3 is 4.74 Å². The van der Waals surface area contributed by atoms with Gasteiger partial charge in [0.1, 0.15) is 0 Å². The van der Waals surface area contributed by atoms with Crippen molar-refractivity contribution in [3.05, 3.63) is 6.33 Å². The Kier molecular flexibility index (Phi) is 0.934. The molecule has 1 aromatic heterocycles. The van der Waals surface area contributed by atoms with Crippen molar-refractivity contribution in [3.8, 4) is 6.08 Å². The second kappa shape index (κ2) is 1.59. The summed E-state index contributed by atoms with van der Waals surface area (Å²) in [6.07, 6.45) is 1.47. The van der Waals surface area contributed by atoms with Crippen LogP contribution in [0, 0.1) is 0 Å². The first-order valence-corrected chi connectivity index (χ1v) is 1.74. The van der Waals surface area contributed by atoms with Crippen molar-refractivity contribution in [1.29, 1.82) is 0 Å². The molecule has 0 radical (unpaired) electrons. The number of hydrogen-bond donors (Lipinski definition) is 0. The van der Waals surface area contributed by atoms with Crippen LogP contribution in [0.4, 0.5) is 0 Å². The van der Waals surface area contributed by atoms with Crippen LogP contribution < -0.4 is 4.74 Å². The van der Waals surface area contributed by atoms with Crippen molar-refractivity contribution in [3.63, 3.8) is 0 Å². The molecule has 0 spiro atoms. The summed E-state index contributed by atoms with van der Waals surface area (Å²) in [6, 6.07) is 0. The van der Waals surface area contributed by atoms with Gasteiger partial charge in [0, 0.05) is 0 Å². The van der Waals surface area contributed by atoms with E-state index in [1.165, 1.54) is 13.4 Å². The molecule has 1 aromatic rings. The molecule has 4 heteroatoms. The minimum atomic E-state index is 0.194. The molecule has 0 bridgehead atoms. The standard InChI is InChI=1S/C3H4N2O2/c1-6-3-4-2-5-7-3/h2H,1H3. The molecule has 0 N–H and O–H groups in total. The third kappa shape index (κ3) is 0.677. The number of nitrogens with zero attached hydrogens (tertiary/aromatic N) is 2. The quantitative estimate of drug-likeness (QED) is 0.501. The van der Waals surface area contributed by atoms with Crippen molar-refractivity contribution < 1.29 is 9.26 Å². The molecule has 0 aliphatic carbocycles. The SMILES string of the molecule is COc1ncno1. The highest BCUT2D eigenvalue weighted by Crippen LogP contribution is 1.97. The zero-order chi connectivity index (χ0) is 5.11. The van der Waals surface area contributed by atoms with E-state index in [-0.39, 0.29) is 6.08 Å². The topological polar surface area (TPSA) is 48.2 Å². The smallest absolute Gasteiger partial charge is 0.416 e. The molecule has 0 aliphatic rings. The van der Waals surface area contributed by atoms with Gasteiger partial charge in [0.15, 0.2) is 6.33 Å². The molecule has 0 unspecified atom stereocenters. The van der Waals surface area contributed by atoms with Crippen molar-refractivity contribution in [2.45, 2.75) is 0 Å². The second-order valence-electron chi connectivity index (χ2n) is 0.911. The molecule has 0 aromatic carbocycles. The second-order valence-corrected chi connectivity index (χ2v) is 0.911. The van der Waals surface area contributed by atoms with E-state index < -0.39 is 0 Å². The number of rotatable bonds is 1. The van der Waals surface area contributed by atoms with E-state index >= 15 is 0 Å². The summed E-state index contributed by atoms with van der Waals surface area (Å²) in [7, 11) is 1.47. The largest absolute Gasteiger partial charge is 0.452 e. The molecule has 1 rings (SSSR count). The Hall–Kier alpha value is -1.06. The van der Waals surface area contributed by atoms with E-state index in [1.54, 1.807) is 0 Å². The molecule has 0 fully saturated rings. The van der Waals surface area contributed by atoms with Gasteiger partial charge in [0.25, 0.3) is 0 Å². The Labute approximate surface area is 40.1 Å². The van der Waals surface area contributed by atoms with E-state index in [9.17, 15) is 0 Å². The molecule has 0 amide bonds. The van der Waals surface area contributed by atoms with Gasteiger partial charge in [-0.2, -0.15) is 4.98 Å². The lowest BCUT2D eigenvalue weighted by Crippen LogP contribution is -1.78. The summed E-state index contributed by atoms with van der Waals surface area (Å²) in [5, 5.41) is 3.28. The molecular formula is C3H4N2O2. The summed E-state index contributed by atoms with van der Waals surface area (Å²) in [6.45, 7) is 0. The highest BCUT2D eigenvalue weighted by Gasteiger charge is 1.89. The zero-order valence-corrected chi connectivity index (χ0v) is 3.79. The summed E-state index contributed by atoms with van der Waals surface area (Å²) in [5.74, 6) is 0.